The summed E-state index contributed by atoms with van der Waals surface area (Å²) in [5, 5.41) is 27.4. The van der Waals surface area contributed by atoms with Crippen molar-refractivity contribution in [3.8, 4) is 0 Å². The minimum atomic E-state index is -1.32. The number of aromatic nitrogens is 3. The van der Waals surface area contributed by atoms with Crippen LogP contribution in [-0.2, 0) is 36.8 Å². The molecule has 0 saturated heterocycles. The fraction of sp³-hybridized carbons (Fsp3) is 0.407. The van der Waals surface area contributed by atoms with E-state index in [1.165, 1.54) is 24.3 Å². The Bertz CT molecular complexity index is 1380. The minimum Gasteiger partial charge on any atom is -0.481 e. The lowest BCUT2D eigenvalue weighted by Gasteiger charge is -2.25. The first-order valence-corrected chi connectivity index (χ1v) is 14.6. The van der Waals surface area contributed by atoms with E-state index >= 15 is 0 Å². The van der Waals surface area contributed by atoms with Gasteiger partial charge in [0.1, 0.15) is 18.1 Å². The number of carbonyl (C=O) groups is 5. The van der Waals surface area contributed by atoms with E-state index in [1.807, 2.05) is 30.5 Å². The molecule has 9 N–H and O–H groups in total. The SMILES string of the molecule is CSCCC(N)C(=O)NC(CCC(=O)O)C(=O)NC(Cc1cnc[nH]1)C(=O)NC(Cc1c[nH]c2ccccc12)C(=O)O. The molecule has 0 fully saturated rings. The largest absolute Gasteiger partial charge is 0.481 e. The van der Waals surface area contributed by atoms with Crippen LogP contribution in [0.5, 0.6) is 0 Å². The van der Waals surface area contributed by atoms with Crippen LogP contribution in [-0.4, -0.2) is 91.0 Å². The van der Waals surface area contributed by atoms with E-state index in [9.17, 15) is 29.1 Å². The number of nitrogens with one attached hydrogen (secondary N) is 5. The molecule has 14 nitrogen and oxygen atoms in total. The van der Waals surface area contributed by atoms with Crippen molar-refractivity contribution < 1.29 is 34.2 Å². The number of hydrogen-bond donors (Lipinski definition) is 8. The number of thioether (sulfide) groups is 1. The standard InChI is InChI=1S/C27H35N7O7S/c1-42-9-8-18(28)24(37)32-20(6-7-23(35)36)25(38)33-21(11-16-13-29-14-31-16)26(39)34-22(27(40)41)10-15-12-30-19-5-3-2-4-17(15)19/h2-5,12-14,18,20-22,30H,6-11,28H2,1H3,(H,29,31)(H,32,37)(H,33,38)(H,34,39)(H,35,36)(H,40,41). The van der Waals surface area contributed by atoms with Gasteiger partial charge in [0.05, 0.1) is 12.4 Å². The molecule has 2 heterocycles. The van der Waals surface area contributed by atoms with Crippen molar-refractivity contribution in [2.45, 2.75) is 56.3 Å². The van der Waals surface area contributed by atoms with Crippen molar-refractivity contribution in [1.82, 2.24) is 30.9 Å². The first-order chi connectivity index (χ1) is 20.1. The predicted octanol–water partition coefficient (Wildman–Crippen LogP) is 0.160. The average Bonchev–Trinajstić information content (AvgIpc) is 3.62. The summed E-state index contributed by atoms with van der Waals surface area (Å²) in [6.07, 6.45) is 5.92. The minimum absolute atomic E-state index is 0.0267. The van der Waals surface area contributed by atoms with Crippen molar-refractivity contribution in [2.24, 2.45) is 5.73 Å². The summed E-state index contributed by atoms with van der Waals surface area (Å²) in [4.78, 5) is 72.5. The molecule has 3 rings (SSSR count). The van der Waals surface area contributed by atoms with Crippen LogP contribution in [0.3, 0.4) is 0 Å². The number of para-hydroxylation sites is 1. The van der Waals surface area contributed by atoms with Gasteiger partial charge in [-0.05, 0) is 36.5 Å². The number of amides is 3. The molecule has 15 heteroatoms. The number of imidazole rings is 1. The second kappa shape index (κ2) is 15.6. The molecule has 4 unspecified atom stereocenters. The van der Waals surface area contributed by atoms with Gasteiger partial charge in [-0.15, -0.1) is 0 Å². The number of nitrogens with zero attached hydrogens (tertiary/aromatic N) is 1. The van der Waals surface area contributed by atoms with Crippen molar-refractivity contribution in [3.63, 3.8) is 0 Å². The second-order valence-electron chi connectivity index (χ2n) is 9.69. The van der Waals surface area contributed by atoms with Gasteiger partial charge < -0.3 is 41.9 Å². The molecule has 226 valence electrons. The van der Waals surface area contributed by atoms with Crippen molar-refractivity contribution in [3.05, 3.63) is 54.2 Å². The van der Waals surface area contributed by atoms with Gasteiger partial charge in [0.25, 0.3) is 0 Å². The summed E-state index contributed by atoms with van der Waals surface area (Å²) in [6.45, 7) is 0. The maximum atomic E-state index is 13.4. The van der Waals surface area contributed by atoms with Crippen molar-refractivity contribution in [2.75, 3.05) is 12.0 Å². The van der Waals surface area contributed by atoms with Gasteiger partial charge in [-0.3, -0.25) is 19.2 Å². The lowest BCUT2D eigenvalue weighted by atomic mass is 10.0. The third-order valence-electron chi connectivity index (χ3n) is 6.58. The molecule has 42 heavy (non-hydrogen) atoms. The van der Waals surface area contributed by atoms with E-state index in [0.29, 0.717) is 23.4 Å². The van der Waals surface area contributed by atoms with E-state index in [1.54, 1.807) is 6.20 Å². The fourth-order valence-electron chi connectivity index (χ4n) is 4.28. The number of benzene rings is 1. The molecule has 1 aromatic carbocycles. The van der Waals surface area contributed by atoms with Gasteiger partial charge in [-0.2, -0.15) is 11.8 Å². The highest BCUT2D eigenvalue weighted by atomic mass is 32.2. The van der Waals surface area contributed by atoms with Gasteiger partial charge in [-0.1, -0.05) is 18.2 Å². The first kappa shape index (κ1) is 32.1. The van der Waals surface area contributed by atoms with Crippen LogP contribution in [0.2, 0.25) is 0 Å². The number of rotatable bonds is 17. The predicted molar refractivity (Wildman–Crippen MR) is 156 cm³/mol. The van der Waals surface area contributed by atoms with E-state index in [4.69, 9.17) is 10.8 Å². The maximum Gasteiger partial charge on any atom is 0.326 e. The molecular formula is C27H35N7O7S. The number of hydrogen-bond acceptors (Lipinski definition) is 8. The summed E-state index contributed by atoms with van der Waals surface area (Å²) in [7, 11) is 0. The Balaban J connectivity index is 1.78. The highest BCUT2D eigenvalue weighted by molar-refractivity contribution is 7.98. The number of carbonyl (C=O) groups excluding carboxylic acids is 3. The number of fused-ring (bicyclic) bond motifs is 1. The summed E-state index contributed by atoms with van der Waals surface area (Å²) in [5.41, 5.74) is 7.89. The molecule has 0 saturated carbocycles. The van der Waals surface area contributed by atoms with E-state index in [2.05, 4.69) is 30.9 Å². The summed E-state index contributed by atoms with van der Waals surface area (Å²) in [5.74, 6) is -4.08. The average molecular weight is 602 g/mol. The van der Waals surface area contributed by atoms with Crippen LogP contribution in [0.1, 0.15) is 30.5 Å². The molecule has 0 aliphatic heterocycles. The Labute approximate surface area is 245 Å². The Morgan fingerprint density at radius 3 is 2.29 bits per heavy atom. The van der Waals surface area contributed by atoms with Crippen LogP contribution in [0.15, 0.2) is 43.0 Å². The van der Waals surface area contributed by atoms with Crippen molar-refractivity contribution >= 4 is 52.3 Å². The number of aromatic amines is 2. The zero-order valence-electron chi connectivity index (χ0n) is 23.0. The number of H-pyrrole nitrogens is 2. The van der Waals surface area contributed by atoms with Gasteiger partial charge in [-0.25, -0.2) is 9.78 Å². The van der Waals surface area contributed by atoms with Crippen molar-refractivity contribution in [1.29, 1.82) is 0 Å². The molecule has 2 aromatic heterocycles. The number of nitrogens with two attached hydrogens (primary N) is 1. The van der Waals surface area contributed by atoms with Crippen LogP contribution in [0.4, 0.5) is 0 Å². The maximum absolute atomic E-state index is 13.4. The molecular weight excluding hydrogens is 566 g/mol. The summed E-state index contributed by atoms with van der Waals surface area (Å²) < 4.78 is 0. The van der Waals surface area contributed by atoms with Crippen LogP contribution in [0, 0.1) is 0 Å². The van der Waals surface area contributed by atoms with Gasteiger partial charge in [0.15, 0.2) is 0 Å². The van der Waals surface area contributed by atoms with Gasteiger partial charge in [0.2, 0.25) is 17.7 Å². The quantitative estimate of drug-likeness (QED) is 0.104. The molecule has 0 aliphatic rings. The molecule has 3 aromatic rings. The van der Waals surface area contributed by atoms with Crippen LogP contribution < -0.4 is 21.7 Å². The van der Waals surface area contributed by atoms with E-state index < -0.39 is 60.2 Å². The molecule has 0 spiro atoms. The highest BCUT2D eigenvalue weighted by Gasteiger charge is 2.31. The lowest BCUT2D eigenvalue weighted by Crippen LogP contribution is -2.58. The molecule has 3 amide bonds. The zero-order valence-corrected chi connectivity index (χ0v) is 23.8. The third kappa shape index (κ3) is 9.34. The topological polar surface area (TPSA) is 232 Å². The molecule has 0 aliphatic carbocycles. The Kier molecular flexibility index (Phi) is 11.9. The fourth-order valence-corrected chi connectivity index (χ4v) is 4.77. The lowest BCUT2D eigenvalue weighted by molar-refractivity contribution is -0.142. The summed E-state index contributed by atoms with van der Waals surface area (Å²) >= 11 is 1.49. The molecule has 0 radical (unpaired) electrons. The number of carboxylic acids is 2. The Hall–Kier alpha value is -4.37. The number of carboxylic acid groups (broad SMARTS) is 2. The summed E-state index contributed by atoms with van der Waals surface area (Å²) in [6, 6.07) is 2.52. The smallest absolute Gasteiger partial charge is 0.326 e. The number of aliphatic carboxylic acids is 2. The normalized spacial score (nSPS) is 14.0. The molecule has 0 bridgehead atoms. The van der Waals surface area contributed by atoms with Crippen LogP contribution in [0.25, 0.3) is 10.9 Å². The van der Waals surface area contributed by atoms with Gasteiger partial charge >= 0.3 is 11.9 Å². The third-order valence-corrected chi connectivity index (χ3v) is 7.22. The monoisotopic (exact) mass is 601 g/mol. The first-order valence-electron chi connectivity index (χ1n) is 13.2. The zero-order chi connectivity index (χ0) is 30.6. The van der Waals surface area contributed by atoms with E-state index in [0.717, 1.165) is 10.9 Å². The molecule has 4 atom stereocenters. The Morgan fingerprint density at radius 2 is 1.62 bits per heavy atom. The highest BCUT2D eigenvalue weighted by Crippen LogP contribution is 2.19. The van der Waals surface area contributed by atoms with Gasteiger partial charge in [0, 0.05) is 48.3 Å². The van der Waals surface area contributed by atoms with Crippen LogP contribution >= 0.6 is 11.8 Å². The second-order valence-corrected chi connectivity index (χ2v) is 10.7. The van der Waals surface area contributed by atoms with E-state index in [-0.39, 0.29) is 19.3 Å². The Morgan fingerprint density at radius 1 is 0.929 bits per heavy atom.